The zero-order chi connectivity index (χ0) is 19.2. The maximum atomic E-state index is 12.1. The molecule has 0 radical (unpaired) electrons. The Balaban J connectivity index is 1.72. The summed E-state index contributed by atoms with van der Waals surface area (Å²) in [6.07, 6.45) is 1.50. The van der Waals surface area contributed by atoms with Crippen LogP contribution in [0.4, 0.5) is 11.4 Å². The molecule has 3 aromatic rings. The normalized spacial score (nSPS) is 10.7. The smallest absolute Gasteiger partial charge is 0.347 e. The van der Waals surface area contributed by atoms with Gasteiger partial charge in [-0.25, -0.2) is 4.79 Å². The Hall–Kier alpha value is -4.00. The monoisotopic (exact) mass is 362 g/mol. The summed E-state index contributed by atoms with van der Waals surface area (Å²) in [5.74, 6) is -0.555. The van der Waals surface area contributed by atoms with Crippen LogP contribution in [0.2, 0.25) is 0 Å². The number of carbonyl (C=O) groups excluding carboxylic acids is 1. The Kier molecular flexibility index (Phi) is 5.22. The number of non-ortho nitro benzene ring substituents is 1. The Morgan fingerprint density at radius 3 is 2.37 bits per heavy atom. The van der Waals surface area contributed by atoms with Gasteiger partial charge in [-0.15, -0.1) is 0 Å². The fraction of sp³-hybridized carbons (Fsp3) is 0. The standard InChI is InChI=1S/C20H14N2O5/c23-19-12-15(21-13-14-6-9-16(10-7-14)22(25)26)8-11-18(19)20(24)27-17-4-2-1-3-5-17/h1-13,23H. The van der Waals surface area contributed by atoms with Gasteiger partial charge in [0.05, 0.1) is 10.6 Å². The van der Waals surface area contributed by atoms with Gasteiger partial charge in [0.15, 0.2) is 0 Å². The van der Waals surface area contributed by atoms with E-state index in [2.05, 4.69) is 4.99 Å². The van der Waals surface area contributed by atoms with Crippen molar-refractivity contribution in [2.45, 2.75) is 0 Å². The van der Waals surface area contributed by atoms with E-state index < -0.39 is 10.9 Å². The summed E-state index contributed by atoms with van der Waals surface area (Å²) in [6, 6.07) is 18.7. The van der Waals surface area contributed by atoms with E-state index in [1.54, 1.807) is 48.5 Å². The highest BCUT2D eigenvalue weighted by Gasteiger charge is 2.14. The van der Waals surface area contributed by atoms with Crippen molar-refractivity contribution in [2.24, 2.45) is 4.99 Å². The molecular weight excluding hydrogens is 348 g/mol. The summed E-state index contributed by atoms with van der Waals surface area (Å²) in [4.78, 5) is 26.5. The molecule has 1 N–H and O–H groups in total. The van der Waals surface area contributed by atoms with Crippen LogP contribution in [0.25, 0.3) is 0 Å². The Labute approximate surface area is 154 Å². The van der Waals surface area contributed by atoms with Crippen LogP contribution in [-0.2, 0) is 0 Å². The van der Waals surface area contributed by atoms with Crippen molar-refractivity contribution < 1.29 is 19.6 Å². The van der Waals surface area contributed by atoms with E-state index in [1.165, 1.54) is 30.5 Å². The summed E-state index contributed by atoms with van der Waals surface area (Å²) in [6.45, 7) is 0. The third-order valence-corrected chi connectivity index (χ3v) is 3.62. The molecule has 7 nitrogen and oxygen atoms in total. The van der Waals surface area contributed by atoms with Crippen LogP contribution >= 0.6 is 0 Å². The van der Waals surface area contributed by atoms with Gasteiger partial charge in [-0.2, -0.15) is 0 Å². The van der Waals surface area contributed by atoms with E-state index in [1.807, 2.05) is 0 Å². The van der Waals surface area contributed by atoms with Crippen LogP contribution in [0.15, 0.2) is 77.8 Å². The average Bonchev–Trinajstić information content (AvgIpc) is 2.67. The van der Waals surface area contributed by atoms with E-state index in [0.29, 0.717) is 17.0 Å². The van der Waals surface area contributed by atoms with Gasteiger partial charge in [0.2, 0.25) is 0 Å². The topological polar surface area (TPSA) is 102 Å². The highest BCUT2D eigenvalue weighted by Crippen LogP contribution is 2.25. The molecule has 0 aliphatic carbocycles. The summed E-state index contributed by atoms with van der Waals surface area (Å²) in [5.41, 5.74) is 1.09. The molecule has 3 aromatic carbocycles. The first-order chi connectivity index (χ1) is 13.0. The first kappa shape index (κ1) is 17.8. The number of ether oxygens (including phenoxy) is 1. The third-order valence-electron chi connectivity index (χ3n) is 3.62. The van der Waals surface area contributed by atoms with E-state index >= 15 is 0 Å². The van der Waals surface area contributed by atoms with Gasteiger partial charge in [0, 0.05) is 24.4 Å². The maximum Gasteiger partial charge on any atom is 0.347 e. The van der Waals surface area contributed by atoms with E-state index in [4.69, 9.17) is 4.74 Å². The highest BCUT2D eigenvalue weighted by atomic mass is 16.6. The molecule has 7 heteroatoms. The SMILES string of the molecule is O=C(Oc1ccccc1)c1ccc(N=Cc2ccc([N+](=O)[O-])cc2)cc1O. The molecule has 0 atom stereocenters. The molecular formula is C20H14N2O5. The third kappa shape index (κ3) is 4.55. The van der Waals surface area contributed by atoms with Gasteiger partial charge < -0.3 is 9.84 Å². The van der Waals surface area contributed by atoms with Crippen molar-refractivity contribution in [2.75, 3.05) is 0 Å². The number of para-hydroxylation sites is 1. The minimum Gasteiger partial charge on any atom is -0.507 e. The van der Waals surface area contributed by atoms with Crippen LogP contribution in [0.1, 0.15) is 15.9 Å². The zero-order valence-corrected chi connectivity index (χ0v) is 14.0. The summed E-state index contributed by atoms with van der Waals surface area (Å²) in [7, 11) is 0. The van der Waals surface area contributed by atoms with Crippen LogP contribution in [0.3, 0.4) is 0 Å². The number of aromatic hydroxyl groups is 1. The molecule has 0 aliphatic heterocycles. The van der Waals surface area contributed by atoms with E-state index in [9.17, 15) is 20.0 Å². The number of benzene rings is 3. The molecule has 0 aromatic heterocycles. The molecule has 3 rings (SSSR count). The Morgan fingerprint density at radius 1 is 1.04 bits per heavy atom. The molecule has 0 amide bonds. The van der Waals surface area contributed by atoms with Crippen LogP contribution in [0, 0.1) is 10.1 Å². The Bertz CT molecular complexity index is 999. The highest BCUT2D eigenvalue weighted by molar-refractivity contribution is 5.94. The lowest BCUT2D eigenvalue weighted by Gasteiger charge is -2.06. The van der Waals surface area contributed by atoms with Gasteiger partial charge in [0.25, 0.3) is 5.69 Å². The van der Waals surface area contributed by atoms with Crippen molar-refractivity contribution in [3.05, 3.63) is 94.0 Å². The van der Waals surface area contributed by atoms with Crippen LogP contribution in [0.5, 0.6) is 11.5 Å². The van der Waals surface area contributed by atoms with Crippen molar-refractivity contribution >= 4 is 23.6 Å². The molecule has 0 saturated carbocycles. The predicted octanol–water partition coefficient (Wildman–Crippen LogP) is 4.27. The van der Waals surface area contributed by atoms with E-state index in [-0.39, 0.29) is 17.0 Å². The second kappa shape index (κ2) is 7.92. The molecule has 0 saturated heterocycles. The molecule has 0 spiro atoms. The van der Waals surface area contributed by atoms with Gasteiger partial charge >= 0.3 is 5.97 Å². The van der Waals surface area contributed by atoms with Crippen molar-refractivity contribution in [3.8, 4) is 11.5 Å². The minimum absolute atomic E-state index is 0.00826. The van der Waals surface area contributed by atoms with Crippen LogP contribution in [-0.4, -0.2) is 22.2 Å². The van der Waals surface area contributed by atoms with Gasteiger partial charge in [-0.05, 0) is 42.0 Å². The molecule has 134 valence electrons. The molecule has 0 fully saturated rings. The molecule has 0 unspecified atom stereocenters. The number of nitro benzene ring substituents is 1. The first-order valence-electron chi connectivity index (χ1n) is 7.92. The van der Waals surface area contributed by atoms with Crippen molar-refractivity contribution in [1.82, 2.24) is 0 Å². The number of phenols is 1. The number of nitrogens with zero attached hydrogens (tertiary/aromatic N) is 2. The van der Waals surface area contributed by atoms with E-state index in [0.717, 1.165) is 0 Å². The number of rotatable bonds is 5. The number of nitro groups is 1. The largest absolute Gasteiger partial charge is 0.507 e. The summed E-state index contributed by atoms with van der Waals surface area (Å²) >= 11 is 0. The lowest BCUT2D eigenvalue weighted by molar-refractivity contribution is -0.384. The summed E-state index contributed by atoms with van der Waals surface area (Å²) < 4.78 is 5.19. The second-order valence-electron chi connectivity index (χ2n) is 5.51. The molecule has 0 heterocycles. The molecule has 0 aliphatic rings. The quantitative estimate of drug-likeness (QED) is 0.240. The number of aliphatic imine (C=N–C) groups is 1. The maximum absolute atomic E-state index is 12.1. The minimum atomic E-state index is -0.676. The van der Waals surface area contributed by atoms with Gasteiger partial charge in [-0.3, -0.25) is 15.1 Å². The fourth-order valence-electron chi connectivity index (χ4n) is 2.25. The fourth-order valence-corrected chi connectivity index (χ4v) is 2.25. The molecule has 27 heavy (non-hydrogen) atoms. The Morgan fingerprint density at radius 2 is 1.74 bits per heavy atom. The summed E-state index contributed by atoms with van der Waals surface area (Å²) in [5, 5.41) is 20.7. The van der Waals surface area contributed by atoms with Gasteiger partial charge in [0.1, 0.15) is 17.1 Å². The number of carbonyl (C=O) groups is 1. The lowest BCUT2D eigenvalue weighted by atomic mass is 10.2. The zero-order valence-electron chi connectivity index (χ0n) is 14.0. The lowest BCUT2D eigenvalue weighted by Crippen LogP contribution is -2.08. The number of phenolic OH excluding ortho intramolecular Hbond substituents is 1. The van der Waals surface area contributed by atoms with Crippen molar-refractivity contribution in [3.63, 3.8) is 0 Å². The number of hydrogen-bond donors (Lipinski definition) is 1. The molecule has 0 bridgehead atoms. The first-order valence-corrected chi connectivity index (χ1v) is 7.92. The number of hydrogen-bond acceptors (Lipinski definition) is 6. The predicted molar refractivity (Wildman–Crippen MR) is 99.9 cm³/mol. The van der Waals surface area contributed by atoms with Gasteiger partial charge in [-0.1, -0.05) is 18.2 Å². The van der Waals surface area contributed by atoms with Crippen molar-refractivity contribution in [1.29, 1.82) is 0 Å². The number of esters is 1. The average molecular weight is 362 g/mol. The van der Waals surface area contributed by atoms with Crippen LogP contribution < -0.4 is 4.74 Å². The second-order valence-corrected chi connectivity index (χ2v) is 5.51.